The highest BCUT2D eigenvalue weighted by Gasteiger charge is 2.55. The molecule has 3 amide bonds. The molecule has 170 valence electrons. The molecule has 2 saturated heterocycles. The second-order valence-electron chi connectivity index (χ2n) is 8.56. The van der Waals surface area contributed by atoms with E-state index in [1.807, 2.05) is 36.1 Å². The number of carbonyl (C=O) groups excluding carboxylic acids is 3. The van der Waals surface area contributed by atoms with Crippen LogP contribution in [0.2, 0.25) is 0 Å². The lowest BCUT2D eigenvalue weighted by molar-refractivity contribution is -0.548. The number of guanidine groups is 1. The molecule has 2 atom stereocenters. The summed E-state index contributed by atoms with van der Waals surface area (Å²) in [6, 6.07) is 7.07. The van der Waals surface area contributed by atoms with Crippen molar-refractivity contribution in [2.75, 3.05) is 33.8 Å². The van der Waals surface area contributed by atoms with Crippen LogP contribution in [0.15, 0.2) is 29.3 Å². The van der Waals surface area contributed by atoms with E-state index in [2.05, 4.69) is 4.58 Å². The average molecular weight is 441 g/mol. The highest BCUT2D eigenvalue weighted by Crippen LogP contribution is 2.26. The van der Waals surface area contributed by atoms with E-state index in [1.165, 1.54) is 11.9 Å². The molecule has 32 heavy (non-hydrogen) atoms. The van der Waals surface area contributed by atoms with Crippen molar-refractivity contribution in [3.63, 3.8) is 0 Å². The van der Waals surface area contributed by atoms with Gasteiger partial charge in [-0.3, -0.25) is 24.0 Å². The van der Waals surface area contributed by atoms with Crippen molar-refractivity contribution < 1.29 is 23.7 Å². The van der Waals surface area contributed by atoms with Gasteiger partial charge in [0, 0.05) is 14.1 Å². The predicted octanol–water partition coefficient (Wildman–Crippen LogP) is 1.44. The third-order valence-corrected chi connectivity index (χ3v) is 6.31. The number of esters is 1. The number of ether oxygens (including phenoxy) is 1. The Hall–Kier alpha value is -3.23. The second-order valence-corrected chi connectivity index (χ2v) is 8.56. The van der Waals surface area contributed by atoms with Crippen LogP contribution in [0, 0.1) is 12.8 Å². The van der Waals surface area contributed by atoms with E-state index in [4.69, 9.17) is 9.73 Å². The van der Waals surface area contributed by atoms with E-state index in [-0.39, 0.29) is 17.8 Å². The largest absolute Gasteiger partial charge is 0.466 e. The van der Waals surface area contributed by atoms with Crippen LogP contribution in [-0.2, 0) is 20.9 Å². The van der Waals surface area contributed by atoms with Crippen LogP contribution in [0.1, 0.15) is 30.9 Å². The van der Waals surface area contributed by atoms with Crippen molar-refractivity contribution in [2.24, 2.45) is 10.9 Å². The van der Waals surface area contributed by atoms with Gasteiger partial charge >= 0.3 is 18.0 Å². The van der Waals surface area contributed by atoms with Gasteiger partial charge in [-0.15, -0.1) is 0 Å². The first kappa shape index (κ1) is 22.0. The Bertz CT molecular complexity index is 1000. The van der Waals surface area contributed by atoms with Crippen molar-refractivity contribution >= 4 is 29.7 Å². The standard InChI is InChI=1S/C23H30N5O4/c1-5-32-21(30)17-7-6-12-27(14-17)22-24-19-18(20(29)26(4)23(31)25(19)3)28(22)13-16-10-8-15(2)9-11-16/h8-11,17-18H,5-7,12-14H2,1-4H3/q+1. The van der Waals surface area contributed by atoms with E-state index < -0.39 is 12.1 Å². The normalized spacial score (nSPS) is 25.8. The van der Waals surface area contributed by atoms with Crippen molar-refractivity contribution in [2.45, 2.75) is 39.3 Å². The van der Waals surface area contributed by atoms with E-state index in [0.29, 0.717) is 31.5 Å². The summed E-state index contributed by atoms with van der Waals surface area (Å²) in [7, 11) is 3.14. The molecule has 3 aliphatic rings. The van der Waals surface area contributed by atoms with Crippen LogP contribution in [0.5, 0.6) is 0 Å². The lowest BCUT2D eigenvalue weighted by Crippen LogP contribution is -2.62. The topological polar surface area (TPSA) is 85.5 Å². The molecule has 2 fully saturated rings. The number of likely N-dealkylation sites (N-methyl/N-ethyl adjacent to an activating group) is 2. The van der Waals surface area contributed by atoms with E-state index >= 15 is 0 Å². The first-order valence-electron chi connectivity index (χ1n) is 11.1. The number of hydrogen-bond donors (Lipinski definition) is 0. The van der Waals surface area contributed by atoms with Gasteiger partial charge in [0.2, 0.25) is 11.9 Å². The summed E-state index contributed by atoms with van der Waals surface area (Å²) < 4.78 is 7.30. The van der Waals surface area contributed by atoms with Crippen LogP contribution in [0.3, 0.4) is 0 Å². The third kappa shape index (κ3) is 3.87. The van der Waals surface area contributed by atoms with E-state index in [0.717, 1.165) is 35.4 Å². The number of piperidine rings is 1. The Morgan fingerprint density at radius 2 is 1.91 bits per heavy atom. The number of carbonyl (C=O) groups is 3. The number of fused-ring (bicyclic) bond motifs is 1. The summed E-state index contributed by atoms with van der Waals surface area (Å²) in [6.07, 6.45) is 1.59. The zero-order valence-corrected chi connectivity index (χ0v) is 19.1. The summed E-state index contributed by atoms with van der Waals surface area (Å²) in [5, 5.41) is 0. The molecule has 0 radical (unpaired) electrons. The SMILES string of the molecule is CCOC(=O)C1CCC[N+](=C2N=C3C(C(=O)N(C)C(=O)N3C)N2Cc2ccc(C)cc2)C1. The Morgan fingerprint density at radius 3 is 2.59 bits per heavy atom. The van der Waals surface area contributed by atoms with Gasteiger partial charge in [-0.2, -0.15) is 0 Å². The minimum Gasteiger partial charge on any atom is -0.466 e. The van der Waals surface area contributed by atoms with Gasteiger partial charge in [0.1, 0.15) is 0 Å². The van der Waals surface area contributed by atoms with Crippen molar-refractivity contribution in [3.8, 4) is 0 Å². The summed E-state index contributed by atoms with van der Waals surface area (Å²) in [4.78, 5) is 47.4. The Kier molecular flexibility index (Phi) is 5.99. The summed E-state index contributed by atoms with van der Waals surface area (Å²) >= 11 is 0. The molecule has 0 saturated carbocycles. The molecule has 0 spiro atoms. The number of rotatable bonds is 4. The Morgan fingerprint density at radius 1 is 1.19 bits per heavy atom. The van der Waals surface area contributed by atoms with Crippen LogP contribution in [0.4, 0.5) is 4.79 Å². The summed E-state index contributed by atoms with van der Waals surface area (Å²) in [5.41, 5.74) is 2.20. The Balaban J connectivity index is 1.74. The maximum Gasteiger partial charge on any atom is 0.392 e. The molecule has 0 N–H and O–H groups in total. The van der Waals surface area contributed by atoms with Crippen molar-refractivity contribution in [1.82, 2.24) is 14.7 Å². The molecule has 0 bridgehead atoms. The number of urea groups is 1. The molecule has 3 aliphatic heterocycles. The van der Waals surface area contributed by atoms with Gasteiger partial charge in [-0.25, -0.2) is 9.69 Å². The highest BCUT2D eigenvalue weighted by atomic mass is 16.5. The zero-order valence-electron chi connectivity index (χ0n) is 19.1. The molecule has 0 aromatic heterocycles. The molecule has 0 aliphatic carbocycles. The fourth-order valence-corrected chi connectivity index (χ4v) is 4.50. The highest BCUT2D eigenvalue weighted by molar-refractivity contribution is 6.25. The molecule has 3 heterocycles. The maximum absolute atomic E-state index is 13.2. The third-order valence-electron chi connectivity index (χ3n) is 6.31. The first-order valence-corrected chi connectivity index (χ1v) is 11.1. The van der Waals surface area contributed by atoms with Gasteiger partial charge < -0.3 is 4.74 Å². The minimum absolute atomic E-state index is 0.200. The number of imide groups is 1. The number of aryl methyl sites for hydroxylation is 1. The van der Waals surface area contributed by atoms with Gasteiger partial charge in [0.05, 0.1) is 32.2 Å². The van der Waals surface area contributed by atoms with Crippen LogP contribution < -0.4 is 0 Å². The van der Waals surface area contributed by atoms with Gasteiger partial charge in [-0.1, -0.05) is 34.8 Å². The second kappa shape index (κ2) is 8.72. The fourth-order valence-electron chi connectivity index (χ4n) is 4.50. The smallest absolute Gasteiger partial charge is 0.392 e. The van der Waals surface area contributed by atoms with Gasteiger partial charge in [0.15, 0.2) is 0 Å². The predicted molar refractivity (Wildman–Crippen MR) is 118 cm³/mol. The lowest BCUT2D eigenvalue weighted by atomic mass is 9.99. The number of benzene rings is 1. The molecular weight excluding hydrogens is 410 g/mol. The minimum atomic E-state index is -0.679. The summed E-state index contributed by atoms with van der Waals surface area (Å²) in [5.74, 6) is 0.321. The monoisotopic (exact) mass is 440 g/mol. The van der Waals surface area contributed by atoms with Crippen LogP contribution in [-0.4, -0.2) is 88.8 Å². The number of nitrogens with zero attached hydrogens (tertiary/aromatic N) is 5. The quantitative estimate of drug-likeness (QED) is 0.523. The van der Waals surface area contributed by atoms with Crippen LogP contribution in [0.25, 0.3) is 0 Å². The zero-order chi connectivity index (χ0) is 23.0. The maximum atomic E-state index is 13.2. The van der Waals surface area contributed by atoms with Gasteiger partial charge in [0.25, 0.3) is 5.91 Å². The van der Waals surface area contributed by atoms with E-state index in [9.17, 15) is 14.4 Å². The molecule has 9 heteroatoms. The number of aliphatic imine (C=N–C) groups is 1. The number of amides is 3. The fraction of sp³-hybridized carbons (Fsp3) is 0.522. The molecule has 1 aromatic rings. The van der Waals surface area contributed by atoms with E-state index in [1.54, 1.807) is 14.0 Å². The first-order chi connectivity index (χ1) is 15.3. The molecule has 2 unspecified atom stereocenters. The molecule has 4 rings (SSSR count). The van der Waals surface area contributed by atoms with Crippen molar-refractivity contribution in [3.05, 3.63) is 35.4 Å². The molecule has 1 aromatic carbocycles. The van der Waals surface area contributed by atoms with Crippen LogP contribution >= 0.6 is 0 Å². The molecule has 9 nitrogen and oxygen atoms in total. The number of amidine groups is 1. The summed E-state index contributed by atoms with van der Waals surface area (Å²) in [6.45, 7) is 5.85. The molecular formula is C23H30N5O4+. The number of hydrogen-bond acceptors (Lipinski definition) is 4. The lowest BCUT2D eigenvalue weighted by Gasteiger charge is -2.33. The Labute approximate surface area is 187 Å². The van der Waals surface area contributed by atoms with Gasteiger partial charge in [-0.05, 0) is 32.3 Å². The average Bonchev–Trinajstić information content (AvgIpc) is 3.17. The van der Waals surface area contributed by atoms with Crippen molar-refractivity contribution in [1.29, 1.82) is 0 Å².